The summed E-state index contributed by atoms with van der Waals surface area (Å²) in [5, 5.41) is 14.8. The standard InChI is InChI=1S/C23H22N6O4/c24-23-28-20-19(22(33)29-23)15(11-26-20)6-3-13-1-4-14(5-2-13)21(32)27-17-9-7-16(8-10-17)25-12-18(30)31/h1-2,4-5,7-11,25H,3,6,12H2,(H,27,32)(H,30,31)(H4,24,26,28,29,33). The second kappa shape index (κ2) is 9.27. The van der Waals surface area contributed by atoms with Crippen LogP contribution in [0.2, 0.25) is 0 Å². The van der Waals surface area contributed by atoms with Crippen LogP contribution in [-0.4, -0.2) is 38.5 Å². The molecule has 2 heterocycles. The van der Waals surface area contributed by atoms with Gasteiger partial charge in [0.15, 0.2) is 0 Å². The summed E-state index contributed by atoms with van der Waals surface area (Å²) >= 11 is 0. The van der Waals surface area contributed by atoms with Gasteiger partial charge in [-0.05, 0) is 60.4 Å². The largest absolute Gasteiger partial charge is 0.480 e. The Hall–Kier alpha value is -4.60. The van der Waals surface area contributed by atoms with Crippen molar-refractivity contribution in [1.29, 1.82) is 0 Å². The lowest BCUT2D eigenvalue weighted by Crippen LogP contribution is -2.13. The lowest BCUT2D eigenvalue weighted by Gasteiger charge is -2.08. The number of hydrogen-bond donors (Lipinski definition) is 6. The van der Waals surface area contributed by atoms with Crippen molar-refractivity contribution in [2.45, 2.75) is 12.8 Å². The van der Waals surface area contributed by atoms with Crippen LogP contribution in [0, 0.1) is 0 Å². The number of nitrogens with zero attached hydrogens (tertiary/aromatic N) is 1. The normalized spacial score (nSPS) is 10.8. The van der Waals surface area contributed by atoms with Gasteiger partial charge in [0.1, 0.15) is 12.2 Å². The van der Waals surface area contributed by atoms with E-state index in [0.717, 1.165) is 11.1 Å². The van der Waals surface area contributed by atoms with Crippen LogP contribution in [0.25, 0.3) is 11.0 Å². The van der Waals surface area contributed by atoms with Crippen LogP contribution in [0.1, 0.15) is 21.5 Å². The number of nitrogens with two attached hydrogens (primary N) is 1. The lowest BCUT2D eigenvalue weighted by molar-refractivity contribution is -0.134. The Labute approximate surface area is 187 Å². The summed E-state index contributed by atoms with van der Waals surface area (Å²) in [5.41, 5.74) is 9.39. The van der Waals surface area contributed by atoms with E-state index in [4.69, 9.17) is 10.8 Å². The first-order chi connectivity index (χ1) is 15.9. The molecule has 0 saturated heterocycles. The fourth-order valence-electron chi connectivity index (χ4n) is 3.47. The molecule has 7 N–H and O–H groups in total. The van der Waals surface area contributed by atoms with Crippen LogP contribution >= 0.6 is 0 Å². The number of anilines is 3. The minimum absolute atomic E-state index is 0.0700. The zero-order valence-electron chi connectivity index (χ0n) is 17.5. The monoisotopic (exact) mass is 446 g/mol. The number of benzene rings is 2. The zero-order valence-corrected chi connectivity index (χ0v) is 17.5. The summed E-state index contributed by atoms with van der Waals surface area (Å²) in [7, 11) is 0. The molecule has 0 aliphatic rings. The average molecular weight is 446 g/mol. The van der Waals surface area contributed by atoms with E-state index in [1.54, 1.807) is 42.6 Å². The predicted molar refractivity (Wildman–Crippen MR) is 125 cm³/mol. The van der Waals surface area contributed by atoms with Crippen molar-refractivity contribution >= 4 is 40.2 Å². The summed E-state index contributed by atoms with van der Waals surface area (Å²) in [6, 6.07) is 14.0. The van der Waals surface area contributed by atoms with Gasteiger partial charge in [-0.3, -0.25) is 19.4 Å². The van der Waals surface area contributed by atoms with Gasteiger partial charge < -0.3 is 26.5 Å². The molecule has 0 radical (unpaired) electrons. The molecule has 0 aliphatic heterocycles. The summed E-state index contributed by atoms with van der Waals surface area (Å²) in [6.07, 6.45) is 3.07. The number of carbonyl (C=O) groups is 2. The fourth-order valence-corrected chi connectivity index (χ4v) is 3.47. The maximum atomic E-state index is 12.5. The molecule has 4 aromatic rings. The van der Waals surface area contributed by atoms with E-state index < -0.39 is 5.97 Å². The molecule has 10 heteroatoms. The predicted octanol–water partition coefficient (Wildman–Crippen LogP) is 2.37. The van der Waals surface area contributed by atoms with Gasteiger partial charge in [0.05, 0.1) is 5.39 Å². The van der Waals surface area contributed by atoms with Gasteiger partial charge in [0, 0.05) is 23.1 Å². The van der Waals surface area contributed by atoms with E-state index in [2.05, 4.69) is 25.6 Å². The number of nitrogen functional groups attached to an aromatic ring is 1. The number of aromatic amines is 2. The summed E-state index contributed by atoms with van der Waals surface area (Å²) in [5.74, 6) is -1.13. The number of rotatable bonds is 8. The maximum absolute atomic E-state index is 12.5. The fraction of sp³-hybridized carbons (Fsp3) is 0.130. The molecule has 2 aromatic carbocycles. The highest BCUT2D eigenvalue weighted by Crippen LogP contribution is 2.17. The van der Waals surface area contributed by atoms with Crippen molar-refractivity contribution in [3.8, 4) is 0 Å². The van der Waals surface area contributed by atoms with Gasteiger partial charge in [-0.25, -0.2) is 0 Å². The number of carbonyl (C=O) groups excluding carboxylic acids is 1. The maximum Gasteiger partial charge on any atom is 0.322 e. The molecule has 4 rings (SSSR count). The highest BCUT2D eigenvalue weighted by molar-refractivity contribution is 6.04. The van der Waals surface area contributed by atoms with Gasteiger partial charge in [-0.15, -0.1) is 0 Å². The van der Waals surface area contributed by atoms with Gasteiger partial charge in [0.2, 0.25) is 5.95 Å². The van der Waals surface area contributed by atoms with Crippen LogP contribution in [0.4, 0.5) is 17.3 Å². The molecule has 0 saturated carbocycles. The zero-order chi connectivity index (χ0) is 23.4. The number of aromatic nitrogens is 3. The van der Waals surface area contributed by atoms with Gasteiger partial charge in [-0.1, -0.05) is 12.1 Å². The SMILES string of the molecule is Nc1nc2[nH]cc(CCc3ccc(C(=O)Nc4ccc(NCC(=O)O)cc4)cc3)c2c(=O)[nH]1. The van der Waals surface area contributed by atoms with E-state index in [9.17, 15) is 14.4 Å². The van der Waals surface area contributed by atoms with Crippen molar-refractivity contribution in [1.82, 2.24) is 15.0 Å². The number of H-pyrrole nitrogens is 2. The molecule has 0 atom stereocenters. The van der Waals surface area contributed by atoms with E-state index in [1.165, 1.54) is 0 Å². The Morgan fingerprint density at radius 3 is 2.39 bits per heavy atom. The van der Waals surface area contributed by atoms with Crippen molar-refractivity contribution in [2.75, 3.05) is 22.9 Å². The van der Waals surface area contributed by atoms with E-state index >= 15 is 0 Å². The number of nitrogens with one attached hydrogen (secondary N) is 4. The van der Waals surface area contributed by atoms with E-state index in [-0.39, 0.29) is 24.0 Å². The highest BCUT2D eigenvalue weighted by atomic mass is 16.4. The Morgan fingerprint density at radius 2 is 1.70 bits per heavy atom. The van der Waals surface area contributed by atoms with E-state index in [0.29, 0.717) is 40.8 Å². The Balaban J connectivity index is 1.36. The summed E-state index contributed by atoms with van der Waals surface area (Å²) in [4.78, 5) is 44.9. The van der Waals surface area contributed by atoms with Crippen LogP contribution in [0.3, 0.4) is 0 Å². The molecule has 2 aromatic heterocycles. The third-order valence-electron chi connectivity index (χ3n) is 5.13. The number of aryl methyl sites for hydroxylation is 2. The minimum atomic E-state index is -0.951. The highest BCUT2D eigenvalue weighted by Gasteiger charge is 2.11. The van der Waals surface area contributed by atoms with Crippen molar-refractivity contribution in [3.05, 3.63) is 81.8 Å². The lowest BCUT2D eigenvalue weighted by atomic mass is 10.0. The molecular formula is C23H22N6O4. The van der Waals surface area contributed by atoms with Gasteiger partial charge >= 0.3 is 5.97 Å². The van der Waals surface area contributed by atoms with Crippen molar-refractivity contribution < 1.29 is 14.7 Å². The number of fused-ring (bicyclic) bond motifs is 1. The van der Waals surface area contributed by atoms with Crippen molar-refractivity contribution in [2.24, 2.45) is 0 Å². The number of carboxylic acid groups (broad SMARTS) is 1. The molecule has 10 nitrogen and oxygen atoms in total. The molecule has 0 unspecified atom stereocenters. The Morgan fingerprint density at radius 1 is 1.00 bits per heavy atom. The molecule has 33 heavy (non-hydrogen) atoms. The third-order valence-corrected chi connectivity index (χ3v) is 5.13. The smallest absolute Gasteiger partial charge is 0.322 e. The first kappa shape index (κ1) is 21.6. The third kappa shape index (κ3) is 5.18. The molecule has 168 valence electrons. The Kier molecular flexibility index (Phi) is 6.07. The molecule has 0 aliphatic carbocycles. The molecular weight excluding hydrogens is 424 g/mol. The second-order valence-electron chi connectivity index (χ2n) is 7.46. The molecule has 0 bridgehead atoms. The number of aliphatic carboxylic acids is 1. The average Bonchev–Trinajstić information content (AvgIpc) is 3.20. The number of amides is 1. The number of hydrogen-bond acceptors (Lipinski definition) is 6. The molecule has 1 amide bonds. The van der Waals surface area contributed by atoms with Crippen LogP contribution < -0.4 is 21.9 Å². The minimum Gasteiger partial charge on any atom is -0.480 e. The van der Waals surface area contributed by atoms with Gasteiger partial charge in [0.25, 0.3) is 11.5 Å². The van der Waals surface area contributed by atoms with Crippen molar-refractivity contribution in [3.63, 3.8) is 0 Å². The first-order valence-electron chi connectivity index (χ1n) is 10.2. The van der Waals surface area contributed by atoms with E-state index in [1.807, 2.05) is 12.1 Å². The second-order valence-corrected chi connectivity index (χ2v) is 7.46. The topological polar surface area (TPSA) is 166 Å². The van der Waals surface area contributed by atoms with Gasteiger partial charge in [-0.2, -0.15) is 4.98 Å². The quantitative estimate of drug-likeness (QED) is 0.242. The van der Waals surface area contributed by atoms with Crippen LogP contribution in [-0.2, 0) is 17.6 Å². The van der Waals surface area contributed by atoms with Crippen LogP contribution in [0.15, 0.2) is 59.5 Å². The first-order valence-corrected chi connectivity index (χ1v) is 10.2. The molecule has 0 spiro atoms. The number of carboxylic acids is 1. The van der Waals surface area contributed by atoms with Crippen LogP contribution in [0.5, 0.6) is 0 Å². The molecule has 0 fully saturated rings. The summed E-state index contributed by atoms with van der Waals surface area (Å²) < 4.78 is 0. The summed E-state index contributed by atoms with van der Waals surface area (Å²) in [6.45, 7) is -0.180. The Bertz CT molecular complexity index is 1360.